The highest BCUT2D eigenvalue weighted by molar-refractivity contribution is 6.29. The van der Waals surface area contributed by atoms with Gasteiger partial charge in [-0.25, -0.2) is 4.98 Å². The molecule has 2 rings (SSSR count). The minimum Gasteiger partial charge on any atom is -0.391 e. The molecule has 3 nitrogen and oxygen atoms in total. The number of pyridine rings is 1. The van der Waals surface area contributed by atoms with Crippen molar-refractivity contribution in [3.8, 4) is 0 Å². The van der Waals surface area contributed by atoms with Crippen LogP contribution >= 0.6 is 11.6 Å². The van der Waals surface area contributed by atoms with Gasteiger partial charge in [-0.3, -0.25) is 0 Å². The lowest BCUT2D eigenvalue weighted by Gasteiger charge is -2.27. The monoisotopic (exact) mass is 290 g/mol. The SMILES string of the molecule is CCC(O)CN(Cc1ccc(Cl)nc1)c1ccccc1. The van der Waals surface area contributed by atoms with Crippen LogP contribution < -0.4 is 4.90 Å². The first-order valence-corrected chi connectivity index (χ1v) is 7.15. The molecule has 1 unspecified atom stereocenters. The minimum absolute atomic E-state index is 0.338. The Labute approximate surface area is 124 Å². The van der Waals surface area contributed by atoms with Crippen LogP contribution in [0.3, 0.4) is 0 Å². The van der Waals surface area contributed by atoms with Crippen LogP contribution in [0, 0.1) is 0 Å². The van der Waals surface area contributed by atoms with E-state index in [9.17, 15) is 5.11 Å². The Morgan fingerprint density at radius 1 is 1.20 bits per heavy atom. The van der Waals surface area contributed by atoms with Crippen LogP contribution in [0.15, 0.2) is 48.7 Å². The molecule has 1 aromatic heterocycles. The maximum atomic E-state index is 9.93. The highest BCUT2D eigenvalue weighted by Crippen LogP contribution is 2.18. The van der Waals surface area contributed by atoms with Gasteiger partial charge in [-0.1, -0.05) is 42.8 Å². The fourth-order valence-corrected chi connectivity index (χ4v) is 2.12. The van der Waals surface area contributed by atoms with E-state index in [0.717, 1.165) is 17.7 Å². The van der Waals surface area contributed by atoms with E-state index < -0.39 is 0 Å². The van der Waals surface area contributed by atoms with Gasteiger partial charge in [-0.05, 0) is 30.2 Å². The normalized spacial score (nSPS) is 12.2. The largest absolute Gasteiger partial charge is 0.391 e. The van der Waals surface area contributed by atoms with Crippen molar-refractivity contribution in [3.05, 3.63) is 59.4 Å². The van der Waals surface area contributed by atoms with Crippen molar-refractivity contribution in [1.82, 2.24) is 4.98 Å². The summed E-state index contributed by atoms with van der Waals surface area (Å²) in [5.74, 6) is 0. The van der Waals surface area contributed by atoms with Crippen LogP contribution in [0.25, 0.3) is 0 Å². The molecular weight excluding hydrogens is 272 g/mol. The third-order valence-electron chi connectivity index (χ3n) is 3.19. The minimum atomic E-state index is -0.338. The molecule has 0 aliphatic heterocycles. The van der Waals surface area contributed by atoms with E-state index in [1.165, 1.54) is 0 Å². The first-order chi connectivity index (χ1) is 9.69. The van der Waals surface area contributed by atoms with Gasteiger partial charge in [0.1, 0.15) is 5.15 Å². The molecule has 1 N–H and O–H groups in total. The van der Waals surface area contributed by atoms with Crippen molar-refractivity contribution in [1.29, 1.82) is 0 Å². The Hall–Kier alpha value is -1.58. The molecule has 0 fully saturated rings. The third kappa shape index (κ3) is 4.22. The van der Waals surface area contributed by atoms with Gasteiger partial charge in [-0.15, -0.1) is 0 Å². The number of aromatic nitrogens is 1. The molecule has 1 heterocycles. The van der Waals surface area contributed by atoms with Crippen molar-refractivity contribution in [2.75, 3.05) is 11.4 Å². The summed E-state index contributed by atoms with van der Waals surface area (Å²) in [4.78, 5) is 6.25. The molecule has 0 aliphatic rings. The molecule has 0 bridgehead atoms. The van der Waals surface area contributed by atoms with Gasteiger partial charge in [0.15, 0.2) is 0 Å². The zero-order chi connectivity index (χ0) is 14.4. The Morgan fingerprint density at radius 3 is 2.55 bits per heavy atom. The summed E-state index contributed by atoms with van der Waals surface area (Å²) >= 11 is 5.81. The number of para-hydroxylation sites is 1. The van der Waals surface area contributed by atoms with Crippen LogP contribution in [-0.4, -0.2) is 22.7 Å². The number of aliphatic hydroxyl groups is 1. The van der Waals surface area contributed by atoms with Gasteiger partial charge in [-0.2, -0.15) is 0 Å². The summed E-state index contributed by atoms with van der Waals surface area (Å²) in [6.07, 6.45) is 2.18. The number of hydrogen-bond donors (Lipinski definition) is 1. The number of benzene rings is 1. The molecule has 0 amide bonds. The Morgan fingerprint density at radius 2 is 1.95 bits per heavy atom. The second-order valence-corrected chi connectivity index (χ2v) is 5.15. The summed E-state index contributed by atoms with van der Waals surface area (Å²) in [6.45, 7) is 3.28. The summed E-state index contributed by atoms with van der Waals surface area (Å²) in [5, 5.41) is 10.4. The number of hydrogen-bond acceptors (Lipinski definition) is 3. The standard InChI is InChI=1S/C16H19ClN2O/c1-2-15(20)12-19(14-6-4-3-5-7-14)11-13-8-9-16(17)18-10-13/h3-10,15,20H,2,11-12H2,1H3. The number of rotatable bonds is 6. The van der Waals surface area contributed by atoms with Crippen molar-refractivity contribution in [3.63, 3.8) is 0 Å². The molecule has 4 heteroatoms. The maximum Gasteiger partial charge on any atom is 0.129 e. The summed E-state index contributed by atoms with van der Waals surface area (Å²) < 4.78 is 0. The maximum absolute atomic E-state index is 9.93. The van der Waals surface area contributed by atoms with Crippen molar-refractivity contribution >= 4 is 17.3 Å². The van der Waals surface area contributed by atoms with Crippen LogP contribution in [-0.2, 0) is 6.54 Å². The molecule has 0 saturated carbocycles. The van der Waals surface area contributed by atoms with Gasteiger partial charge in [0.25, 0.3) is 0 Å². The Balaban J connectivity index is 2.16. The van der Waals surface area contributed by atoms with Crippen LogP contribution in [0.1, 0.15) is 18.9 Å². The van der Waals surface area contributed by atoms with E-state index in [1.54, 1.807) is 12.3 Å². The van der Waals surface area contributed by atoms with E-state index in [-0.39, 0.29) is 6.10 Å². The predicted molar refractivity (Wildman–Crippen MR) is 83.0 cm³/mol. The van der Waals surface area contributed by atoms with E-state index in [1.807, 2.05) is 43.3 Å². The van der Waals surface area contributed by atoms with E-state index >= 15 is 0 Å². The first-order valence-electron chi connectivity index (χ1n) is 6.77. The quantitative estimate of drug-likeness (QED) is 0.827. The molecule has 0 radical (unpaired) electrons. The van der Waals surface area contributed by atoms with Crippen LogP contribution in [0.5, 0.6) is 0 Å². The summed E-state index contributed by atoms with van der Waals surface area (Å²) in [7, 11) is 0. The average molecular weight is 291 g/mol. The van der Waals surface area contributed by atoms with Gasteiger partial charge < -0.3 is 10.0 Å². The smallest absolute Gasteiger partial charge is 0.129 e. The summed E-state index contributed by atoms with van der Waals surface area (Å²) in [6, 6.07) is 13.8. The first kappa shape index (κ1) is 14.8. The van der Waals surface area contributed by atoms with Gasteiger partial charge in [0, 0.05) is 25.0 Å². The lowest BCUT2D eigenvalue weighted by Crippen LogP contribution is -2.31. The highest BCUT2D eigenvalue weighted by Gasteiger charge is 2.12. The molecule has 1 atom stereocenters. The second-order valence-electron chi connectivity index (χ2n) is 4.77. The number of halogens is 1. The van der Waals surface area contributed by atoms with Gasteiger partial charge in [0.05, 0.1) is 6.10 Å². The average Bonchev–Trinajstić information content (AvgIpc) is 2.49. The zero-order valence-corrected chi connectivity index (χ0v) is 12.3. The molecule has 2 aromatic rings. The van der Waals surface area contributed by atoms with E-state index in [0.29, 0.717) is 18.2 Å². The van der Waals surface area contributed by atoms with Crippen LogP contribution in [0.4, 0.5) is 5.69 Å². The molecule has 20 heavy (non-hydrogen) atoms. The zero-order valence-electron chi connectivity index (χ0n) is 11.5. The highest BCUT2D eigenvalue weighted by atomic mass is 35.5. The molecule has 0 aliphatic carbocycles. The topological polar surface area (TPSA) is 36.4 Å². The Kier molecular flexibility index (Phi) is 5.39. The predicted octanol–water partition coefficient (Wildman–Crippen LogP) is 3.51. The van der Waals surface area contributed by atoms with Crippen molar-refractivity contribution in [2.45, 2.75) is 26.0 Å². The number of aliphatic hydroxyl groups excluding tert-OH is 1. The lowest BCUT2D eigenvalue weighted by atomic mass is 10.2. The van der Waals surface area contributed by atoms with Gasteiger partial charge in [0.2, 0.25) is 0 Å². The van der Waals surface area contributed by atoms with E-state index in [4.69, 9.17) is 11.6 Å². The lowest BCUT2D eigenvalue weighted by molar-refractivity contribution is 0.175. The molecule has 106 valence electrons. The second kappa shape index (κ2) is 7.27. The van der Waals surface area contributed by atoms with E-state index in [2.05, 4.69) is 9.88 Å². The molecule has 0 saturated heterocycles. The number of nitrogens with zero attached hydrogens (tertiary/aromatic N) is 2. The molecule has 0 spiro atoms. The van der Waals surface area contributed by atoms with Crippen molar-refractivity contribution in [2.24, 2.45) is 0 Å². The van der Waals surface area contributed by atoms with Crippen LogP contribution in [0.2, 0.25) is 5.15 Å². The molecule has 1 aromatic carbocycles. The summed E-state index contributed by atoms with van der Waals surface area (Å²) in [5.41, 5.74) is 2.16. The third-order valence-corrected chi connectivity index (χ3v) is 3.41. The Bertz CT molecular complexity index is 516. The number of anilines is 1. The fraction of sp³-hybridized carbons (Fsp3) is 0.312. The van der Waals surface area contributed by atoms with Gasteiger partial charge >= 0.3 is 0 Å². The van der Waals surface area contributed by atoms with Crippen molar-refractivity contribution < 1.29 is 5.11 Å². The fourth-order valence-electron chi connectivity index (χ4n) is 2.00. The molecular formula is C16H19ClN2O.